The van der Waals surface area contributed by atoms with E-state index in [1.54, 1.807) is 0 Å². The topological polar surface area (TPSA) is 50.4 Å². The van der Waals surface area contributed by atoms with E-state index < -0.39 is 5.60 Å². The lowest BCUT2D eigenvalue weighted by molar-refractivity contribution is -0.0195. The van der Waals surface area contributed by atoms with Crippen LogP contribution in [0.2, 0.25) is 0 Å². The lowest BCUT2D eigenvalue weighted by atomic mass is 9.53. The van der Waals surface area contributed by atoms with Crippen LogP contribution in [-0.2, 0) is 4.74 Å². The van der Waals surface area contributed by atoms with Crippen LogP contribution >= 0.6 is 0 Å². The minimum absolute atomic E-state index is 0.303. The normalized spacial score (nSPS) is 36.4. The molecule has 0 aromatic heterocycles. The molecule has 0 heterocycles. The Kier molecular flexibility index (Phi) is 4.41. The summed E-state index contributed by atoms with van der Waals surface area (Å²) in [4.78, 5) is 11.6. The van der Waals surface area contributed by atoms with Crippen LogP contribution in [0.4, 0.5) is 4.79 Å². The molecule has 2 N–H and O–H groups in total. The predicted molar refractivity (Wildman–Crippen MR) is 87.8 cm³/mol. The summed E-state index contributed by atoms with van der Waals surface area (Å²) in [6.07, 6.45) is 9.29. The van der Waals surface area contributed by atoms with Crippen molar-refractivity contribution in [2.45, 2.75) is 76.9 Å². The van der Waals surface area contributed by atoms with E-state index in [9.17, 15) is 4.79 Å². The van der Waals surface area contributed by atoms with E-state index in [1.807, 2.05) is 20.8 Å². The maximum Gasteiger partial charge on any atom is 0.407 e. The largest absolute Gasteiger partial charge is 0.444 e. The fourth-order valence-corrected chi connectivity index (χ4v) is 5.27. The third-order valence-electron chi connectivity index (χ3n) is 5.56. The van der Waals surface area contributed by atoms with Crippen LogP contribution in [0.3, 0.4) is 0 Å². The average molecular weight is 308 g/mol. The van der Waals surface area contributed by atoms with Gasteiger partial charge in [-0.15, -0.1) is 0 Å². The number of carbonyl (C=O) groups excluding carboxylic acids is 1. The number of rotatable bonds is 5. The van der Waals surface area contributed by atoms with E-state index >= 15 is 0 Å². The highest BCUT2D eigenvalue weighted by Gasteiger charge is 2.50. The maximum absolute atomic E-state index is 11.6. The minimum Gasteiger partial charge on any atom is -0.444 e. The van der Waals surface area contributed by atoms with Crippen molar-refractivity contribution in [3.05, 3.63) is 0 Å². The summed E-state index contributed by atoms with van der Waals surface area (Å²) in [5, 5.41) is 6.70. The summed E-state index contributed by atoms with van der Waals surface area (Å²) >= 11 is 0. The van der Waals surface area contributed by atoms with Gasteiger partial charge in [-0.1, -0.05) is 0 Å². The smallest absolute Gasteiger partial charge is 0.407 e. The molecule has 126 valence electrons. The van der Waals surface area contributed by atoms with Crippen molar-refractivity contribution in [1.29, 1.82) is 0 Å². The number of hydrogen-bond donors (Lipinski definition) is 2. The van der Waals surface area contributed by atoms with Gasteiger partial charge in [0, 0.05) is 12.1 Å². The van der Waals surface area contributed by atoms with Gasteiger partial charge in [-0.2, -0.15) is 0 Å². The molecular weight excluding hydrogens is 276 g/mol. The van der Waals surface area contributed by atoms with Crippen molar-refractivity contribution in [2.75, 3.05) is 13.1 Å². The van der Waals surface area contributed by atoms with Gasteiger partial charge in [0.15, 0.2) is 0 Å². The summed E-state index contributed by atoms with van der Waals surface area (Å²) in [6, 6.07) is 0. The Morgan fingerprint density at radius 2 is 1.59 bits per heavy atom. The summed E-state index contributed by atoms with van der Waals surface area (Å²) in [7, 11) is 0. The summed E-state index contributed by atoms with van der Waals surface area (Å²) in [5.41, 5.74) is 0.0161. The first-order chi connectivity index (χ1) is 10.3. The molecule has 0 spiro atoms. The molecular formula is C18H32N2O2. The predicted octanol–water partition coefficient (Wildman–Crippen LogP) is 3.46. The summed E-state index contributed by atoms with van der Waals surface area (Å²) in [6.45, 7) is 7.36. The van der Waals surface area contributed by atoms with E-state index in [4.69, 9.17) is 4.74 Å². The van der Waals surface area contributed by atoms with Crippen LogP contribution < -0.4 is 10.6 Å². The molecule has 0 radical (unpaired) electrons. The lowest BCUT2D eigenvalue weighted by Crippen LogP contribution is -2.58. The van der Waals surface area contributed by atoms with Gasteiger partial charge < -0.3 is 15.4 Å². The molecule has 4 heteroatoms. The van der Waals surface area contributed by atoms with Crippen LogP contribution in [0.25, 0.3) is 0 Å². The molecule has 4 aliphatic carbocycles. The average Bonchev–Trinajstić information content (AvgIpc) is 2.34. The van der Waals surface area contributed by atoms with Crippen LogP contribution in [-0.4, -0.2) is 30.3 Å². The second kappa shape index (κ2) is 6.03. The molecule has 4 fully saturated rings. The Hall–Kier alpha value is -0.770. The lowest BCUT2D eigenvalue weighted by Gasteiger charge is -2.57. The van der Waals surface area contributed by atoms with Crippen molar-refractivity contribution in [3.8, 4) is 0 Å². The zero-order valence-electron chi connectivity index (χ0n) is 14.4. The Bertz CT molecular complexity index is 379. The standard InChI is InChI=1S/C18H32N2O2/c1-17(2,3)22-16(21)19-5-4-6-20-18-10-13-7-14(11-18)9-15(8-13)12-18/h13-15,20H,4-12H2,1-3H3,(H,19,21). The minimum atomic E-state index is -0.415. The first-order valence-electron chi connectivity index (χ1n) is 9.05. The molecule has 0 aliphatic heterocycles. The molecule has 0 aromatic rings. The van der Waals surface area contributed by atoms with Gasteiger partial charge in [-0.3, -0.25) is 0 Å². The molecule has 4 rings (SSSR count). The van der Waals surface area contributed by atoms with E-state index in [0.29, 0.717) is 12.1 Å². The van der Waals surface area contributed by atoms with Gasteiger partial charge in [0.2, 0.25) is 0 Å². The molecule has 0 saturated heterocycles. The molecule has 0 unspecified atom stereocenters. The maximum atomic E-state index is 11.6. The van der Waals surface area contributed by atoms with E-state index in [0.717, 1.165) is 30.7 Å². The molecule has 4 aliphatic rings. The van der Waals surface area contributed by atoms with E-state index in [1.165, 1.54) is 38.5 Å². The van der Waals surface area contributed by atoms with Crippen molar-refractivity contribution >= 4 is 6.09 Å². The molecule has 1 amide bonds. The van der Waals surface area contributed by atoms with E-state index in [-0.39, 0.29) is 6.09 Å². The second-order valence-corrected chi connectivity index (χ2v) is 8.91. The molecule has 0 atom stereocenters. The van der Waals surface area contributed by atoms with Crippen molar-refractivity contribution in [3.63, 3.8) is 0 Å². The third-order valence-corrected chi connectivity index (χ3v) is 5.56. The van der Waals surface area contributed by atoms with Crippen molar-refractivity contribution < 1.29 is 9.53 Å². The highest BCUT2D eigenvalue weighted by molar-refractivity contribution is 5.67. The molecule has 4 bridgehead atoms. The van der Waals surface area contributed by atoms with Gasteiger partial charge in [0.25, 0.3) is 0 Å². The number of alkyl carbamates (subject to hydrolysis) is 1. The Balaban J connectivity index is 1.35. The number of ether oxygens (including phenoxy) is 1. The SMILES string of the molecule is CC(C)(C)OC(=O)NCCCNC12CC3CC(CC(C3)C1)C2. The first-order valence-corrected chi connectivity index (χ1v) is 9.05. The van der Waals surface area contributed by atoms with Crippen LogP contribution in [0.1, 0.15) is 65.7 Å². The zero-order chi connectivity index (χ0) is 15.8. The van der Waals surface area contributed by atoms with Gasteiger partial charge in [0.05, 0.1) is 0 Å². The summed E-state index contributed by atoms with van der Waals surface area (Å²) < 4.78 is 5.25. The highest BCUT2D eigenvalue weighted by atomic mass is 16.6. The first kappa shape index (κ1) is 16.1. The number of carbonyl (C=O) groups is 1. The number of hydrogen-bond acceptors (Lipinski definition) is 3. The van der Waals surface area contributed by atoms with Crippen LogP contribution in [0.5, 0.6) is 0 Å². The van der Waals surface area contributed by atoms with Gasteiger partial charge in [-0.05, 0) is 90.0 Å². The second-order valence-electron chi connectivity index (χ2n) is 8.91. The van der Waals surface area contributed by atoms with Gasteiger partial charge in [-0.25, -0.2) is 4.79 Å². The number of nitrogens with one attached hydrogen (secondary N) is 2. The third kappa shape index (κ3) is 3.95. The Morgan fingerprint density at radius 3 is 2.09 bits per heavy atom. The van der Waals surface area contributed by atoms with Crippen molar-refractivity contribution in [2.24, 2.45) is 17.8 Å². The van der Waals surface area contributed by atoms with Crippen molar-refractivity contribution in [1.82, 2.24) is 10.6 Å². The quantitative estimate of drug-likeness (QED) is 0.765. The highest BCUT2D eigenvalue weighted by Crippen LogP contribution is 2.55. The molecule has 4 nitrogen and oxygen atoms in total. The monoisotopic (exact) mass is 308 g/mol. The number of amides is 1. The zero-order valence-corrected chi connectivity index (χ0v) is 14.4. The molecule has 4 saturated carbocycles. The fraction of sp³-hybridized carbons (Fsp3) is 0.944. The van der Waals surface area contributed by atoms with Crippen LogP contribution in [0.15, 0.2) is 0 Å². The Morgan fingerprint density at radius 1 is 1.05 bits per heavy atom. The van der Waals surface area contributed by atoms with Gasteiger partial charge in [0.1, 0.15) is 5.60 Å². The molecule has 0 aromatic carbocycles. The van der Waals surface area contributed by atoms with Gasteiger partial charge >= 0.3 is 6.09 Å². The molecule has 22 heavy (non-hydrogen) atoms. The van der Waals surface area contributed by atoms with Crippen LogP contribution in [0, 0.1) is 17.8 Å². The van der Waals surface area contributed by atoms with E-state index in [2.05, 4.69) is 10.6 Å². The fourth-order valence-electron chi connectivity index (χ4n) is 5.27. The summed E-state index contributed by atoms with van der Waals surface area (Å²) in [5.74, 6) is 2.95. The Labute approximate surface area is 134 Å².